The number of fused-ring (bicyclic) bond motifs is 5. The van der Waals surface area contributed by atoms with Gasteiger partial charge in [0.05, 0.1) is 27.7 Å². The zero-order valence-electron chi connectivity index (χ0n) is 24.7. The maximum Gasteiger partial charge on any atom is 0.261 e. The number of hydrogen-bond donors (Lipinski definition) is 2. The van der Waals surface area contributed by atoms with E-state index in [0.717, 1.165) is 51.1 Å². The number of nitrogens with zero attached hydrogens (tertiary/aromatic N) is 3. The van der Waals surface area contributed by atoms with E-state index in [1.54, 1.807) is 48.7 Å². The summed E-state index contributed by atoms with van der Waals surface area (Å²) in [6.45, 7) is 2.35. The standard InChI is InChI=1S/C37H31N5O2S/c1-37(22-8-23-37)27-18-14-26(15-19-27)34-33(25-16-20-28(21-17-25)41-45(43,44)29-9-3-2-4-10-29)40-36-30-11-5-6-12-31(30)39-35-32(42(34)36)13-7-24-38-35/h2-7,9-21,24,41H,8,22-23H2,1H3,(H,38,39). The van der Waals surface area contributed by atoms with Crippen molar-refractivity contribution in [3.8, 4) is 39.6 Å². The predicted molar refractivity (Wildman–Crippen MR) is 179 cm³/mol. The molecule has 45 heavy (non-hydrogen) atoms. The van der Waals surface area contributed by atoms with E-state index >= 15 is 0 Å². The maximum atomic E-state index is 13.0. The van der Waals surface area contributed by atoms with Crippen LogP contribution in [0.2, 0.25) is 0 Å². The second-order valence-corrected chi connectivity index (χ2v) is 13.7. The van der Waals surface area contributed by atoms with E-state index in [-0.39, 0.29) is 10.3 Å². The number of aromatic nitrogens is 3. The molecule has 8 heteroatoms. The first-order valence-corrected chi connectivity index (χ1v) is 16.6. The maximum absolute atomic E-state index is 13.0. The van der Waals surface area contributed by atoms with Gasteiger partial charge in [0.2, 0.25) is 0 Å². The van der Waals surface area contributed by atoms with Crippen LogP contribution in [-0.4, -0.2) is 23.0 Å². The monoisotopic (exact) mass is 609 g/mol. The fourth-order valence-electron chi connectivity index (χ4n) is 6.43. The van der Waals surface area contributed by atoms with E-state index in [0.29, 0.717) is 5.69 Å². The molecule has 222 valence electrons. The van der Waals surface area contributed by atoms with Crippen LogP contribution in [0.15, 0.2) is 126 Å². The van der Waals surface area contributed by atoms with E-state index < -0.39 is 10.0 Å². The van der Waals surface area contributed by atoms with Gasteiger partial charge in [-0.05, 0) is 72.4 Å². The molecule has 1 saturated carbocycles. The SMILES string of the molecule is CC1(c2ccc(-c3c(-c4ccc(NS(=O)(=O)c5ccccc5)cc4)nc4n3-c3cccnc3Nc3ccccc3-4)cc2)CCC1. The van der Waals surface area contributed by atoms with Gasteiger partial charge in [-0.15, -0.1) is 0 Å². The molecule has 0 atom stereocenters. The molecule has 0 radical (unpaired) electrons. The Morgan fingerprint density at radius 2 is 1.51 bits per heavy atom. The molecule has 1 fully saturated rings. The minimum atomic E-state index is -3.71. The highest BCUT2D eigenvalue weighted by atomic mass is 32.2. The third kappa shape index (κ3) is 4.69. The summed E-state index contributed by atoms with van der Waals surface area (Å²) in [6.07, 6.45) is 5.48. The number of sulfonamides is 1. The van der Waals surface area contributed by atoms with Gasteiger partial charge in [0.1, 0.15) is 5.82 Å². The zero-order valence-corrected chi connectivity index (χ0v) is 25.6. The Morgan fingerprint density at radius 1 is 0.800 bits per heavy atom. The first-order valence-electron chi connectivity index (χ1n) is 15.1. The lowest BCUT2D eigenvalue weighted by atomic mass is 9.66. The van der Waals surface area contributed by atoms with Crippen molar-refractivity contribution >= 4 is 27.2 Å². The summed E-state index contributed by atoms with van der Waals surface area (Å²) in [7, 11) is -3.71. The lowest BCUT2D eigenvalue weighted by Crippen LogP contribution is -2.30. The quantitative estimate of drug-likeness (QED) is 0.197. The van der Waals surface area contributed by atoms with Crippen LogP contribution in [0.5, 0.6) is 0 Å². The molecule has 6 aromatic rings. The zero-order chi connectivity index (χ0) is 30.6. The predicted octanol–water partition coefficient (Wildman–Crippen LogP) is 8.57. The Kier molecular flexibility index (Phi) is 6.35. The van der Waals surface area contributed by atoms with E-state index in [1.807, 2.05) is 36.4 Å². The number of nitrogens with one attached hydrogen (secondary N) is 2. The highest BCUT2D eigenvalue weighted by molar-refractivity contribution is 7.92. The summed E-state index contributed by atoms with van der Waals surface area (Å²) in [5, 5.41) is 3.52. The molecule has 1 aliphatic heterocycles. The van der Waals surface area contributed by atoms with Gasteiger partial charge in [0.15, 0.2) is 5.82 Å². The van der Waals surface area contributed by atoms with E-state index in [9.17, 15) is 8.42 Å². The highest BCUT2D eigenvalue weighted by Gasteiger charge is 2.34. The number of benzene rings is 4. The summed E-state index contributed by atoms with van der Waals surface area (Å²) >= 11 is 0. The normalized spacial score (nSPS) is 14.6. The molecule has 2 aromatic heterocycles. The van der Waals surface area contributed by atoms with Gasteiger partial charge in [0, 0.05) is 28.6 Å². The first-order chi connectivity index (χ1) is 21.9. The lowest BCUT2D eigenvalue weighted by Gasteiger charge is -2.39. The van der Waals surface area contributed by atoms with Crippen LogP contribution >= 0.6 is 0 Å². The van der Waals surface area contributed by atoms with E-state index in [1.165, 1.54) is 24.8 Å². The molecule has 0 bridgehead atoms. The van der Waals surface area contributed by atoms with Crippen LogP contribution in [0.1, 0.15) is 31.7 Å². The van der Waals surface area contributed by atoms with Crippen molar-refractivity contribution in [2.24, 2.45) is 0 Å². The Labute approximate surface area is 262 Å². The molecule has 7 nitrogen and oxygen atoms in total. The minimum absolute atomic E-state index is 0.216. The molecule has 4 aromatic carbocycles. The van der Waals surface area contributed by atoms with Crippen molar-refractivity contribution in [3.63, 3.8) is 0 Å². The number of pyridine rings is 1. The second kappa shape index (κ2) is 10.5. The number of hydrogen-bond acceptors (Lipinski definition) is 5. The third-order valence-corrected chi connectivity index (χ3v) is 10.5. The summed E-state index contributed by atoms with van der Waals surface area (Å²) in [6, 6.07) is 36.9. The number of anilines is 3. The van der Waals surface area contributed by atoms with E-state index in [2.05, 4.69) is 57.9 Å². The van der Waals surface area contributed by atoms with Gasteiger partial charge in [0.25, 0.3) is 10.0 Å². The molecular weight excluding hydrogens is 579 g/mol. The van der Waals surface area contributed by atoms with Crippen LogP contribution in [0.4, 0.5) is 17.2 Å². The van der Waals surface area contributed by atoms with Gasteiger partial charge < -0.3 is 5.32 Å². The number of para-hydroxylation sites is 1. The smallest absolute Gasteiger partial charge is 0.261 e. The van der Waals surface area contributed by atoms with Crippen molar-refractivity contribution in [3.05, 3.63) is 127 Å². The van der Waals surface area contributed by atoms with Gasteiger partial charge in [-0.3, -0.25) is 9.29 Å². The van der Waals surface area contributed by atoms with Gasteiger partial charge >= 0.3 is 0 Å². The molecular formula is C37H31N5O2S. The molecule has 0 unspecified atom stereocenters. The van der Waals surface area contributed by atoms with Crippen LogP contribution in [-0.2, 0) is 15.4 Å². The molecule has 3 heterocycles. The fourth-order valence-corrected chi connectivity index (χ4v) is 7.51. The molecule has 0 spiro atoms. The van der Waals surface area contributed by atoms with Crippen molar-refractivity contribution in [1.29, 1.82) is 0 Å². The van der Waals surface area contributed by atoms with Crippen LogP contribution in [0.25, 0.3) is 39.6 Å². The first kappa shape index (κ1) is 27.3. The molecule has 1 aliphatic carbocycles. The average Bonchev–Trinajstić information content (AvgIpc) is 3.39. The Balaban J connectivity index is 1.29. The van der Waals surface area contributed by atoms with Crippen molar-refractivity contribution in [2.45, 2.75) is 36.5 Å². The van der Waals surface area contributed by atoms with Crippen molar-refractivity contribution < 1.29 is 8.42 Å². The van der Waals surface area contributed by atoms with Crippen LogP contribution in [0, 0.1) is 0 Å². The molecule has 2 aliphatic rings. The number of imidazole rings is 1. The summed E-state index contributed by atoms with van der Waals surface area (Å²) < 4.78 is 30.9. The van der Waals surface area contributed by atoms with Crippen molar-refractivity contribution in [1.82, 2.24) is 14.5 Å². The largest absolute Gasteiger partial charge is 0.338 e. The van der Waals surface area contributed by atoms with E-state index in [4.69, 9.17) is 9.97 Å². The average molecular weight is 610 g/mol. The van der Waals surface area contributed by atoms with Gasteiger partial charge in [-0.1, -0.05) is 80.1 Å². The Hall–Kier alpha value is -5.21. The van der Waals surface area contributed by atoms with Gasteiger partial charge in [-0.25, -0.2) is 18.4 Å². The molecule has 2 N–H and O–H groups in total. The molecule has 0 saturated heterocycles. The summed E-state index contributed by atoms with van der Waals surface area (Å²) in [4.78, 5) is 10.2. The topological polar surface area (TPSA) is 88.9 Å². The number of rotatable bonds is 6. The summed E-state index contributed by atoms with van der Waals surface area (Å²) in [5.41, 5.74) is 8.53. The summed E-state index contributed by atoms with van der Waals surface area (Å²) in [5.74, 6) is 1.55. The minimum Gasteiger partial charge on any atom is -0.338 e. The van der Waals surface area contributed by atoms with Crippen LogP contribution in [0.3, 0.4) is 0 Å². The fraction of sp³-hybridized carbons (Fsp3) is 0.135. The van der Waals surface area contributed by atoms with Crippen molar-refractivity contribution in [2.75, 3.05) is 10.0 Å². The second-order valence-electron chi connectivity index (χ2n) is 12.0. The lowest BCUT2D eigenvalue weighted by molar-refractivity contribution is 0.272. The van der Waals surface area contributed by atoms with Gasteiger partial charge in [-0.2, -0.15) is 0 Å². The third-order valence-electron chi connectivity index (χ3n) is 9.10. The molecule has 0 amide bonds. The Morgan fingerprint density at radius 3 is 2.24 bits per heavy atom. The molecule has 8 rings (SSSR count). The van der Waals surface area contributed by atoms with Crippen LogP contribution < -0.4 is 10.0 Å². The highest BCUT2D eigenvalue weighted by Crippen LogP contribution is 2.46. The Bertz CT molecular complexity index is 2150.